The van der Waals surface area contributed by atoms with E-state index >= 15 is 0 Å². The lowest BCUT2D eigenvalue weighted by Crippen LogP contribution is -2.09. The Hall–Kier alpha value is -1.49. The van der Waals surface area contributed by atoms with Gasteiger partial charge in [0.25, 0.3) is 0 Å². The van der Waals surface area contributed by atoms with Gasteiger partial charge in [0.05, 0.1) is 18.2 Å². The molecule has 0 saturated heterocycles. The molecule has 1 rings (SSSR count). The third kappa shape index (κ3) is 3.78. The molecule has 0 heterocycles. The van der Waals surface area contributed by atoms with Crippen molar-refractivity contribution in [1.29, 1.82) is 5.26 Å². The summed E-state index contributed by atoms with van der Waals surface area (Å²) in [5.74, 6) is 1.52. The zero-order valence-corrected chi connectivity index (χ0v) is 11.2. The lowest BCUT2D eigenvalue weighted by molar-refractivity contribution is 0.248. The summed E-state index contributed by atoms with van der Waals surface area (Å²) in [6, 6.07) is 5.93. The molecule has 0 aliphatic carbocycles. The predicted octanol–water partition coefficient (Wildman–Crippen LogP) is 3.99. The molecule has 92 valence electrons. The normalized spacial score (nSPS) is 11.9. The summed E-state index contributed by atoms with van der Waals surface area (Å²) in [5, 5.41) is 8.87. The van der Waals surface area contributed by atoms with Crippen LogP contribution in [0.4, 0.5) is 0 Å². The topological polar surface area (TPSA) is 33.0 Å². The van der Waals surface area contributed by atoms with Crippen LogP contribution in [0.15, 0.2) is 12.1 Å². The van der Waals surface area contributed by atoms with Crippen LogP contribution in [0.3, 0.4) is 0 Å². The first-order valence-corrected chi connectivity index (χ1v) is 6.22. The molecule has 0 bridgehead atoms. The Bertz CT molecular complexity index is 394. The molecule has 1 atom stereocenters. The average molecular weight is 231 g/mol. The van der Waals surface area contributed by atoms with Crippen molar-refractivity contribution in [1.82, 2.24) is 0 Å². The zero-order chi connectivity index (χ0) is 12.8. The standard InChI is InChI=1S/C15H21NO/c1-5-6-11(2)10-17-15-12(3)7-14(9-16)8-13(15)4/h7-8,11H,5-6,10H2,1-4H3. The van der Waals surface area contributed by atoms with E-state index in [0.717, 1.165) is 23.5 Å². The monoisotopic (exact) mass is 231 g/mol. The van der Waals surface area contributed by atoms with E-state index < -0.39 is 0 Å². The number of rotatable bonds is 5. The maximum absolute atomic E-state index is 8.87. The molecule has 17 heavy (non-hydrogen) atoms. The molecule has 0 N–H and O–H groups in total. The molecule has 2 nitrogen and oxygen atoms in total. The van der Waals surface area contributed by atoms with Crippen LogP contribution < -0.4 is 4.74 Å². The Kier molecular flexibility index (Phi) is 5.03. The van der Waals surface area contributed by atoms with Crippen LogP contribution in [0.25, 0.3) is 0 Å². The summed E-state index contributed by atoms with van der Waals surface area (Å²) in [5.41, 5.74) is 2.80. The molecule has 1 aromatic rings. The summed E-state index contributed by atoms with van der Waals surface area (Å²) < 4.78 is 5.87. The average Bonchev–Trinajstić information content (AvgIpc) is 2.28. The lowest BCUT2D eigenvalue weighted by atomic mass is 10.1. The van der Waals surface area contributed by atoms with Crippen LogP contribution >= 0.6 is 0 Å². The molecule has 0 aliphatic heterocycles. The molecular weight excluding hydrogens is 210 g/mol. The largest absolute Gasteiger partial charge is 0.493 e. The van der Waals surface area contributed by atoms with Crippen LogP contribution in [0.2, 0.25) is 0 Å². The van der Waals surface area contributed by atoms with Crippen LogP contribution in [-0.4, -0.2) is 6.61 Å². The minimum absolute atomic E-state index is 0.578. The van der Waals surface area contributed by atoms with Crippen molar-refractivity contribution in [2.75, 3.05) is 6.61 Å². The number of hydrogen-bond acceptors (Lipinski definition) is 2. The van der Waals surface area contributed by atoms with Gasteiger partial charge in [0.15, 0.2) is 0 Å². The summed E-state index contributed by atoms with van der Waals surface area (Å²) >= 11 is 0. The van der Waals surface area contributed by atoms with Gasteiger partial charge in [-0.2, -0.15) is 5.26 Å². The highest BCUT2D eigenvalue weighted by molar-refractivity contribution is 5.47. The maximum Gasteiger partial charge on any atom is 0.125 e. The molecule has 0 saturated carbocycles. The molecule has 0 spiro atoms. The van der Waals surface area contributed by atoms with Gasteiger partial charge < -0.3 is 4.74 Å². The molecule has 0 aromatic heterocycles. The van der Waals surface area contributed by atoms with Gasteiger partial charge in [0.1, 0.15) is 5.75 Å². The Balaban J connectivity index is 2.75. The fourth-order valence-electron chi connectivity index (χ4n) is 2.04. The first-order chi connectivity index (χ1) is 8.08. The van der Waals surface area contributed by atoms with Crippen molar-refractivity contribution < 1.29 is 4.74 Å². The molecule has 1 aromatic carbocycles. The SMILES string of the molecule is CCCC(C)COc1c(C)cc(C#N)cc1C. The lowest BCUT2D eigenvalue weighted by Gasteiger charge is -2.16. The van der Waals surface area contributed by atoms with Gasteiger partial charge in [-0.1, -0.05) is 20.3 Å². The van der Waals surface area contributed by atoms with E-state index in [1.54, 1.807) is 0 Å². The zero-order valence-electron chi connectivity index (χ0n) is 11.2. The predicted molar refractivity (Wildman–Crippen MR) is 70.2 cm³/mol. The fourth-order valence-corrected chi connectivity index (χ4v) is 2.04. The first kappa shape index (κ1) is 13.6. The third-order valence-corrected chi connectivity index (χ3v) is 2.88. The van der Waals surface area contributed by atoms with Crippen molar-refractivity contribution in [3.63, 3.8) is 0 Å². The Labute approximate surface area is 104 Å². The van der Waals surface area contributed by atoms with Crippen LogP contribution in [0, 0.1) is 31.1 Å². The third-order valence-electron chi connectivity index (χ3n) is 2.88. The van der Waals surface area contributed by atoms with Gasteiger partial charge in [-0.3, -0.25) is 0 Å². The number of hydrogen-bond donors (Lipinski definition) is 0. The highest BCUT2D eigenvalue weighted by Gasteiger charge is 2.08. The second kappa shape index (κ2) is 6.30. The van der Waals surface area contributed by atoms with E-state index in [4.69, 9.17) is 10.00 Å². The number of aryl methyl sites for hydroxylation is 2. The number of ether oxygens (including phenoxy) is 1. The fraction of sp³-hybridized carbons (Fsp3) is 0.533. The van der Waals surface area contributed by atoms with E-state index in [9.17, 15) is 0 Å². The quantitative estimate of drug-likeness (QED) is 0.767. The van der Waals surface area contributed by atoms with Crippen molar-refractivity contribution >= 4 is 0 Å². The minimum atomic E-state index is 0.578. The summed E-state index contributed by atoms with van der Waals surface area (Å²) in [6.07, 6.45) is 2.38. The van der Waals surface area contributed by atoms with Crippen LogP contribution in [-0.2, 0) is 0 Å². The molecule has 0 amide bonds. The second-order valence-electron chi connectivity index (χ2n) is 4.76. The van der Waals surface area contributed by atoms with E-state index in [0.29, 0.717) is 11.5 Å². The highest BCUT2D eigenvalue weighted by atomic mass is 16.5. The van der Waals surface area contributed by atoms with E-state index in [-0.39, 0.29) is 0 Å². The molecule has 0 aliphatic rings. The highest BCUT2D eigenvalue weighted by Crippen LogP contribution is 2.25. The van der Waals surface area contributed by atoms with Crippen LogP contribution in [0.5, 0.6) is 5.75 Å². The molecule has 0 radical (unpaired) electrons. The molecule has 1 unspecified atom stereocenters. The number of benzene rings is 1. The van der Waals surface area contributed by atoms with Gasteiger partial charge in [-0.25, -0.2) is 0 Å². The van der Waals surface area contributed by atoms with Crippen molar-refractivity contribution in [3.05, 3.63) is 28.8 Å². The molecular formula is C15H21NO. The Morgan fingerprint density at radius 1 is 1.29 bits per heavy atom. The minimum Gasteiger partial charge on any atom is -0.493 e. The van der Waals surface area contributed by atoms with Crippen molar-refractivity contribution in [2.45, 2.75) is 40.5 Å². The smallest absolute Gasteiger partial charge is 0.125 e. The molecule has 2 heteroatoms. The van der Waals surface area contributed by atoms with Gasteiger partial charge in [-0.05, 0) is 49.4 Å². The second-order valence-corrected chi connectivity index (χ2v) is 4.76. The summed E-state index contributed by atoms with van der Waals surface area (Å²) in [6.45, 7) is 9.13. The molecule has 0 fully saturated rings. The van der Waals surface area contributed by atoms with Gasteiger partial charge in [0, 0.05) is 0 Å². The van der Waals surface area contributed by atoms with E-state index in [1.807, 2.05) is 26.0 Å². The van der Waals surface area contributed by atoms with E-state index in [1.165, 1.54) is 12.8 Å². The van der Waals surface area contributed by atoms with E-state index in [2.05, 4.69) is 19.9 Å². The first-order valence-electron chi connectivity index (χ1n) is 6.22. The Morgan fingerprint density at radius 3 is 2.35 bits per heavy atom. The maximum atomic E-state index is 8.87. The van der Waals surface area contributed by atoms with Crippen molar-refractivity contribution in [3.8, 4) is 11.8 Å². The number of nitriles is 1. The van der Waals surface area contributed by atoms with Crippen molar-refractivity contribution in [2.24, 2.45) is 5.92 Å². The summed E-state index contributed by atoms with van der Waals surface area (Å²) in [4.78, 5) is 0. The van der Waals surface area contributed by atoms with Gasteiger partial charge >= 0.3 is 0 Å². The van der Waals surface area contributed by atoms with Gasteiger partial charge in [0.2, 0.25) is 0 Å². The van der Waals surface area contributed by atoms with Crippen LogP contribution in [0.1, 0.15) is 43.4 Å². The van der Waals surface area contributed by atoms with Gasteiger partial charge in [-0.15, -0.1) is 0 Å². The number of nitrogens with zero attached hydrogens (tertiary/aromatic N) is 1. The Morgan fingerprint density at radius 2 is 1.88 bits per heavy atom. The summed E-state index contributed by atoms with van der Waals surface area (Å²) in [7, 11) is 0.